The number of aryl methyl sites for hydroxylation is 1. The number of benzene rings is 1. The highest BCUT2D eigenvalue weighted by Crippen LogP contribution is 2.32. The normalized spacial score (nSPS) is 17.2. The molecule has 2 aromatic rings. The zero-order chi connectivity index (χ0) is 13.2. The van der Waals surface area contributed by atoms with Gasteiger partial charge < -0.3 is 4.57 Å². The number of hydrogen-bond donors (Lipinski definition) is 0. The maximum Gasteiger partial charge on any atom is 0.111 e. The van der Waals surface area contributed by atoms with Gasteiger partial charge in [-0.2, -0.15) is 11.8 Å². The molecule has 0 spiro atoms. The van der Waals surface area contributed by atoms with Crippen LogP contribution in [0, 0.1) is 3.57 Å². The van der Waals surface area contributed by atoms with Gasteiger partial charge in [-0.05, 0) is 65.1 Å². The number of thioether (sulfide) groups is 1. The largest absolute Gasteiger partial charge is 0.325 e. The number of hydrogen-bond acceptors (Lipinski definition) is 2. The highest BCUT2D eigenvalue weighted by molar-refractivity contribution is 14.1. The van der Waals surface area contributed by atoms with Gasteiger partial charge in [0.2, 0.25) is 0 Å². The van der Waals surface area contributed by atoms with Gasteiger partial charge in [0.25, 0.3) is 0 Å². The number of aromatic nitrogens is 2. The Morgan fingerprint density at radius 3 is 2.89 bits per heavy atom. The zero-order valence-corrected chi connectivity index (χ0v) is 14.3. The second-order valence-corrected chi connectivity index (χ2v) is 7.66. The lowest BCUT2D eigenvalue weighted by Gasteiger charge is -2.25. The molecule has 1 aliphatic heterocycles. The third-order valence-corrected chi connectivity index (χ3v) is 5.51. The molecule has 0 radical (unpaired) electrons. The fourth-order valence-corrected chi connectivity index (χ4v) is 4.46. The van der Waals surface area contributed by atoms with Crippen molar-refractivity contribution >= 4 is 57.0 Å². The quantitative estimate of drug-likeness (QED) is 0.552. The Morgan fingerprint density at radius 2 is 2.16 bits per heavy atom. The summed E-state index contributed by atoms with van der Waals surface area (Å²) < 4.78 is 3.69. The number of fused-ring (bicyclic) bond motifs is 1. The molecule has 1 aliphatic rings. The van der Waals surface area contributed by atoms with E-state index in [9.17, 15) is 0 Å². The molecule has 0 atom stereocenters. The van der Waals surface area contributed by atoms with Crippen LogP contribution in [-0.4, -0.2) is 26.9 Å². The molecule has 0 bridgehead atoms. The van der Waals surface area contributed by atoms with Crippen molar-refractivity contribution in [1.82, 2.24) is 9.55 Å². The van der Waals surface area contributed by atoms with Crippen LogP contribution in [0.5, 0.6) is 0 Å². The molecule has 3 rings (SSSR count). The lowest BCUT2D eigenvalue weighted by Crippen LogP contribution is -2.17. The summed E-state index contributed by atoms with van der Waals surface area (Å²) in [5.41, 5.74) is 2.39. The Kier molecular flexibility index (Phi) is 4.59. The predicted molar refractivity (Wildman–Crippen MR) is 92.5 cm³/mol. The van der Waals surface area contributed by atoms with E-state index in [-0.39, 0.29) is 0 Å². The molecule has 102 valence electrons. The fraction of sp³-hybridized carbons (Fsp3) is 0.500. The van der Waals surface area contributed by atoms with Gasteiger partial charge in [-0.25, -0.2) is 4.98 Å². The van der Waals surface area contributed by atoms with Crippen molar-refractivity contribution in [2.45, 2.75) is 25.3 Å². The zero-order valence-electron chi connectivity index (χ0n) is 10.6. The van der Waals surface area contributed by atoms with E-state index in [1.165, 1.54) is 33.4 Å². The SMILES string of the molecule is ClCCc1nc2cc(I)ccc2n1C1CCSCC1. The van der Waals surface area contributed by atoms with Crippen molar-refractivity contribution in [3.8, 4) is 0 Å². The van der Waals surface area contributed by atoms with Gasteiger partial charge in [0.05, 0.1) is 11.0 Å². The van der Waals surface area contributed by atoms with Gasteiger partial charge in [-0.15, -0.1) is 11.6 Å². The van der Waals surface area contributed by atoms with Crippen LogP contribution < -0.4 is 0 Å². The van der Waals surface area contributed by atoms with Crippen LogP contribution in [0.4, 0.5) is 0 Å². The standard InChI is InChI=1S/C14H16ClIN2S/c15-6-3-14-17-12-9-10(16)1-2-13(12)18(14)11-4-7-19-8-5-11/h1-2,9,11H,3-8H2. The minimum absolute atomic E-state index is 0.601. The smallest absolute Gasteiger partial charge is 0.111 e. The second-order valence-electron chi connectivity index (χ2n) is 4.81. The van der Waals surface area contributed by atoms with E-state index >= 15 is 0 Å². The van der Waals surface area contributed by atoms with E-state index in [0.29, 0.717) is 11.9 Å². The summed E-state index contributed by atoms with van der Waals surface area (Å²) in [4.78, 5) is 4.81. The van der Waals surface area contributed by atoms with Crippen LogP contribution in [0.15, 0.2) is 18.2 Å². The first-order chi connectivity index (χ1) is 9.29. The van der Waals surface area contributed by atoms with Crippen molar-refractivity contribution in [3.63, 3.8) is 0 Å². The minimum atomic E-state index is 0.601. The van der Waals surface area contributed by atoms with Crippen molar-refractivity contribution in [1.29, 1.82) is 0 Å². The summed E-state index contributed by atoms with van der Waals surface area (Å²) in [7, 11) is 0. The molecule has 1 fully saturated rings. The maximum absolute atomic E-state index is 5.95. The third kappa shape index (κ3) is 2.90. The number of imidazole rings is 1. The lowest BCUT2D eigenvalue weighted by atomic mass is 10.1. The van der Waals surface area contributed by atoms with Gasteiger partial charge in [0.15, 0.2) is 0 Å². The molecule has 1 saturated heterocycles. The van der Waals surface area contributed by atoms with Gasteiger partial charge in [0, 0.05) is 21.9 Å². The Hall–Kier alpha value is 0.0600. The molecule has 0 N–H and O–H groups in total. The van der Waals surface area contributed by atoms with Crippen molar-refractivity contribution in [2.24, 2.45) is 0 Å². The summed E-state index contributed by atoms with van der Waals surface area (Å²) in [6, 6.07) is 7.15. The third-order valence-electron chi connectivity index (χ3n) is 3.60. The molecule has 1 aromatic carbocycles. The molecule has 0 amide bonds. The fourth-order valence-electron chi connectivity index (χ4n) is 2.73. The van der Waals surface area contributed by atoms with Gasteiger partial charge in [-0.1, -0.05) is 0 Å². The van der Waals surface area contributed by atoms with Gasteiger partial charge in [0.1, 0.15) is 5.82 Å². The van der Waals surface area contributed by atoms with Crippen molar-refractivity contribution in [2.75, 3.05) is 17.4 Å². The van der Waals surface area contributed by atoms with E-state index in [2.05, 4.69) is 57.1 Å². The summed E-state index contributed by atoms with van der Waals surface area (Å²) in [6.07, 6.45) is 3.35. The monoisotopic (exact) mass is 406 g/mol. The highest BCUT2D eigenvalue weighted by Gasteiger charge is 2.21. The van der Waals surface area contributed by atoms with Crippen LogP contribution >= 0.6 is 46.0 Å². The molecule has 1 aromatic heterocycles. The summed E-state index contributed by atoms with van der Waals surface area (Å²) in [5.74, 6) is 4.32. The van der Waals surface area contributed by atoms with Gasteiger partial charge in [-0.3, -0.25) is 0 Å². The molecule has 0 aliphatic carbocycles. The molecular weight excluding hydrogens is 391 g/mol. The first-order valence-corrected chi connectivity index (χ1v) is 9.36. The first kappa shape index (κ1) is 14.0. The van der Waals surface area contributed by atoms with E-state index in [0.717, 1.165) is 17.8 Å². The van der Waals surface area contributed by atoms with E-state index in [4.69, 9.17) is 16.6 Å². The lowest BCUT2D eigenvalue weighted by molar-refractivity contribution is 0.466. The van der Waals surface area contributed by atoms with E-state index < -0.39 is 0 Å². The molecule has 5 heteroatoms. The molecule has 0 unspecified atom stereocenters. The summed E-state index contributed by atoms with van der Waals surface area (Å²) in [6.45, 7) is 0. The first-order valence-electron chi connectivity index (χ1n) is 6.59. The second kappa shape index (κ2) is 6.22. The Labute approximate surface area is 136 Å². The average Bonchev–Trinajstić information content (AvgIpc) is 2.77. The molecule has 2 nitrogen and oxygen atoms in total. The van der Waals surface area contributed by atoms with Crippen LogP contribution in [0.2, 0.25) is 0 Å². The van der Waals surface area contributed by atoms with E-state index in [1.54, 1.807) is 0 Å². The van der Waals surface area contributed by atoms with Crippen molar-refractivity contribution < 1.29 is 0 Å². The van der Waals surface area contributed by atoms with Crippen molar-refractivity contribution in [3.05, 3.63) is 27.6 Å². The van der Waals surface area contributed by atoms with Crippen LogP contribution in [-0.2, 0) is 6.42 Å². The van der Waals surface area contributed by atoms with Crippen LogP contribution in [0.25, 0.3) is 11.0 Å². The highest BCUT2D eigenvalue weighted by atomic mass is 127. The Balaban J connectivity index is 2.09. The van der Waals surface area contributed by atoms with Gasteiger partial charge >= 0.3 is 0 Å². The number of alkyl halides is 1. The van der Waals surface area contributed by atoms with Crippen LogP contribution in [0.1, 0.15) is 24.7 Å². The topological polar surface area (TPSA) is 17.8 Å². The van der Waals surface area contributed by atoms with Crippen LogP contribution in [0.3, 0.4) is 0 Å². The minimum Gasteiger partial charge on any atom is -0.325 e. The maximum atomic E-state index is 5.95. The predicted octanol–water partition coefficient (Wildman–Crippen LogP) is 4.49. The summed E-state index contributed by atoms with van der Waals surface area (Å²) in [5, 5.41) is 0. The summed E-state index contributed by atoms with van der Waals surface area (Å²) >= 11 is 10.4. The Morgan fingerprint density at radius 1 is 1.37 bits per heavy atom. The molecule has 0 saturated carbocycles. The molecule has 2 heterocycles. The molecular formula is C14H16ClIN2S. The number of rotatable bonds is 3. The Bertz CT molecular complexity index is 578. The number of halogens is 2. The average molecular weight is 407 g/mol. The molecule has 19 heavy (non-hydrogen) atoms. The number of nitrogens with zero attached hydrogens (tertiary/aromatic N) is 2. The van der Waals surface area contributed by atoms with E-state index in [1.807, 2.05) is 0 Å².